The number of Topliss-reactive ketones (excluding diaryl/α,β-unsaturated/α-hetero) is 1. The van der Waals surface area contributed by atoms with E-state index in [0.29, 0.717) is 13.0 Å². The molecule has 0 unspecified atom stereocenters. The Bertz CT molecular complexity index is 244. The van der Waals surface area contributed by atoms with Crippen LogP contribution in [0.3, 0.4) is 0 Å². The molecule has 1 fully saturated rings. The Balaban J connectivity index is 2.67. The number of allylic oxidation sites excluding steroid dienone is 1. The van der Waals surface area contributed by atoms with E-state index < -0.39 is 5.60 Å². The molecule has 2 nitrogen and oxygen atoms in total. The first kappa shape index (κ1) is 13.4. The molecule has 0 radical (unpaired) electrons. The van der Waals surface area contributed by atoms with Gasteiger partial charge in [-0.3, -0.25) is 4.79 Å². The number of hydrogen-bond acceptors (Lipinski definition) is 2. The third-order valence-electron chi connectivity index (χ3n) is 3.50. The van der Waals surface area contributed by atoms with E-state index in [2.05, 4.69) is 6.58 Å². The lowest BCUT2D eigenvalue weighted by atomic mass is 9.79. The second-order valence-corrected chi connectivity index (χ2v) is 4.69. The van der Waals surface area contributed by atoms with Gasteiger partial charge in [0.25, 0.3) is 0 Å². The lowest BCUT2D eigenvalue weighted by Gasteiger charge is -2.35. The van der Waals surface area contributed by atoms with Crippen LogP contribution in [0.2, 0.25) is 0 Å². The van der Waals surface area contributed by atoms with E-state index in [1.165, 1.54) is 6.42 Å². The van der Waals surface area contributed by atoms with Crippen LogP contribution in [0.25, 0.3) is 0 Å². The number of ketones is 1. The first-order valence-corrected chi connectivity index (χ1v) is 6.48. The number of hydrogen-bond donors (Lipinski definition) is 0. The summed E-state index contributed by atoms with van der Waals surface area (Å²) in [6.45, 7) is 8.57. The van der Waals surface area contributed by atoms with E-state index in [-0.39, 0.29) is 5.78 Å². The lowest BCUT2D eigenvalue weighted by molar-refractivity contribution is -0.148. The molecule has 0 N–H and O–H groups in total. The smallest absolute Gasteiger partial charge is 0.168 e. The number of rotatable bonds is 6. The third kappa shape index (κ3) is 3.18. The van der Waals surface area contributed by atoms with E-state index in [1.54, 1.807) is 0 Å². The maximum Gasteiger partial charge on any atom is 0.168 e. The normalized spacial score (nSPS) is 19.4. The molecule has 1 aliphatic rings. The summed E-state index contributed by atoms with van der Waals surface area (Å²) in [6, 6.07) is 0. The van der Waals surface area contributed by atoms with Crippen LogP contribution < -0.4 is 0 Å². The molecule has 0 heterocycles. The van der Waals surface area contributed by atoms with Gasteiger partial charge in [0.1, 0.15) is 5.60 Å². The maximum absolute atomic E-state index is 12.3. The van der Waals surface area contributed by atoms with Crippen molar-refractivity contribution in [2.75, 3.05) is 6.61 Å². The van der Waals surface area contributed by atoms with Gasteiger partial charge in [-0.05, 0) is 26.2 Å². The fourth-order valence-corrected chi connectivity index (χ4v) is 2.42. The van der Waals surface area contributed by atoms with Crippen LogP contribution in [0, 0.1) is 0 Å². The van der Waals surface area contributed by atoms with Crippen LogP contribution in [0.5, 0.6) is 0 Å². The summed E-state index contributed by atoms with van der Waals surface area (Å²) >= 11 is 0. The molecule has 2 heteroatoms. The van der Waals surface area contributed by atoms with Gasteiger partial charge >= 0.3 is 0 Å². The Morgan fingerprint density at radius 1 is 1.25 bits per heavy atom. The van der Waals surface area contributed by atoms with E-state index in [0.717, 1.165) is 37.7 Å². The molecule has 0 amide bonds. The monoisotopic (exact) mass is 224 g/mol. The van der Waals surface area contributed by atoms with Gasteiger partial charge in [-0.1, -0.05) is 38.3 Å². The average molecular weight is 224 g/mol. The minimum atomic E-state index is -0.481. The van der Waals surface area contributed by atoms with Crippen molar-refractivity contribution >= 4 is 5.78 Å². The molecule has 92 valence electrons. The molecule has 0 aromatic rings. The fraction of sp³-hybridized carbons (Fsp3) is 0.786. The molecule has 0 aromatic carbocycles. The topological polar surface area (TPSA) is 26.3 Å². The minimum Gasteiger partial charge on any atom is -0.367 e. The number of ether oxygens (including phenoxy) is 1. The zero-order valence-electron chi connectivity index (χ0n) is 10.7. The summed E-state index contributed by atoms with van der Waals surface area (Å²) in [6.07, 6.45) is 6.64. The highest BCUT2D eigenvalue weighted by Gasteiger charge is 2.39. The molecule has 0 saturated heterocycles. The molecule has 1 rings (SSSR count). The number of carbonyl (C=O) groups is 1. The van der Waals surface area contributed by atoms with Crippen LogP contribution in [-0.2, 0) is 9.53 Å². The predicted octanol–water partition coefficient (Wildman–Crippen LogP) is 3.65. The van der Waals surface area contributed by atoms with Crippen LogP contribution >= 0.6 is 0 Å². The third-order valence-corrected chi connectivity index (χ3v) is 3.50. The SMILES string of the molecule is C=C(CC)CC(=O)C1(OCC)CCCCC1. The van der Waals surface area contributed by atoms with Crippen molar-refractivity contribution in [1.82, 2.24) is 0 Å². The summed E-state index contributed by atoms with van der Waals surface area (Å²) in [5.74, 6) is 0.251. The highest BCUT2D eigenvalue weighted by molar-refractivity contribution is 5.89. The van der Waals surface area contributed by atoms with Crippen molar-refractivity contribution in [3.63, 3.8) is 0 Å². The van der Waals surface area contributed by atoms with E-state index in [9.17, 15) is 4.79 Å². The van der Waals surface area contributed by atoms with Crippen molar-refractivity contribution in [2.45, 2.75) is 64.4 Å². The standard InChI is InChI=1S/C14H24O2/c1-4-12(3)11-13(15)14(16-5-2)9-7-6-8-10-14/h3-11H2,1-2H3. The molecule has 0 spiro atoms. The molecule has 1 aliphatic carbocycles. The Kier molecular flexibility index (Phi) is 5.20. The molecule has 0 aromatic heterocycles. The van der Waals surface area contributed by atoms with Gasteiger partial charge in [0.2, 0.25) is 0 Å². The summed E-state index contributed by atoms with van der Waals surface area (Å²) in [5, 5.41) is 0. The largest absolute Gasteiger partial charge is 0.367 e. The van der Waals surface area contributed by atoms with Gasteiger partial charge in [0.15, 0.2) is 5.78 Å². The average Bonchev–Trinajstić information content (AvgIpc) is 2.30. The quantitative estimate of drug-likeness (QED) is 0.644. The highest BCUT2D eigenvalue weighted by atomic mass is 16.5. The lowest BCUT2D eigenvalue weighted by Crippen LogP contribution is -2.43. The highest BCUT2D eigenvalue weighted by Crippen LogP contribution is 2.34. The molecule has 0 aliphatic heterocycles. The second-order valence-electron chi connectivity index (χ2n) is 4.69. The van der Waals surface area contributed by atoms with Gasteiger partial charge < -0.3 is 4.74 Å². The van der Waals surface area contributed by atoms with E-state index >= 15 is 0 Å². The summed E-state index contributed by atoms with van der Waals surface area (Å²) in [7, 11) is 0. The maximum atomic E-state index is 12.3. The molecular weight excluding hydrogens is 200 g/mol. The minimum absolute atomic E-state index is 0.251. The van der Waals surface area contributed by atoms with Crippen molar-refractivity contribution < 1.29 is 9.53 Å². The molecule has 16 heavy (non-hydrogen) atoms. The summed E-state index contributed by atoms with van der Waals surface area (Å²) in [5.41, 5.74) is 0.542. The van der Waals surface area contributed by atoms with Crippen LogP contribution in [0.4, 0.5) is 0 Å². The van der Waals surface area contributed by atoms with E-state index in [4.69, 9.17) is 4.74 Å². The van der Waals surface area contributed by atoms with Crippen molar-refractivity contribution in [2.24, 2.45) is 0 Å². The van der Waals surface area contributed by atoms with Gasteiger partial charge in [0.05, 0.1) is 0 Å². The zero-order chi connectivity index (χ0) is 12.0. The fourth-order valence-electron chi connectivity index (χ4n) is 2.42. The van der Waals surface area contributed by atoms with Gasteiger partial charge in [0, 0.05) is 13.0 Å². The van der Waals surface area contributed by atoms with Crippen molar-refractivity contribution in [3.05, 3.63) is 12.2 Å². The Hall–Kier alpha value is -0.630. The van der Waals surface area contributed by atoms with E-state index in [1.807, 2.05) is 13.8 Å². The second kappa shape index (κ2) is 6.19. The summed E-state index contributed by atoms with van der Waals surface area (Å²) < 4.78 is 5.79. The molecular formula is C14H24O2. The first-order valence-electron chi connectivity index (χ1n) is 6.48. The summed E-state index contributed by atoms with van der Waals surface area (Å²) in [4.78, 5) is 12.3. The van der Waals surface area contributed by atoms with Crippen molar-refractivity contribution in [1.29, 1.82) is 0 Å². The van der Waals surface area contributed by atoms with Crippen LogP contribution in [0.1, 0.15) is 58.8 Å². The van der Waals surface area contributed by atoms with Gasteiger partial charge in [-0.15, -0.1) is 0 Å². The predicted molar refractivity (Wildman–Crippen MR) is 66.5 cm³/mol. The molecule has 0 atom stereocenters. The number of carbonyl (C=O) groups excluding carboxylic acids is 1. The molecule has 1 saturated carbocycles. The Labute approximate surface area is 99.1 Å². The molecule has 0 bridgehead atoms. The van der Waals surface area contributed by atoms with Crippen LogP contribution in [-0.4, -0.2) is 18.0 Å². The Morgan fingerprint density at radius 3 is 2.38 bits per heavy atom. The van der Waals surface area contributed by atoms with Crippen molar-refractivity contribution in [3.8, 4) is 0 Å². The zero-order valence-corrected chi connectivity index (χ0v) is 10.7. The van der Waals surface area contributed by atoms with Gasteiger partial charge in [-0.2, -0.15) is 0 Å². The van der Waals surface area contributed by atoms with Gasteiger partial charge in [-0.25, -0.2) is 0 Å². The van der Waals surface area contributed by atoms with Crippen LogP contribution in [0.15, 0.2) is 12.2 Å². The Morgan fingerprint density at radius 2 is 1.88 bits per heavy atom. The first-order chi connectivity index (χ1) is 7.64.